The SMILES string of the molecule is O=C([O-])CN(CC(=O)[O-])Cc1ccc(O)cc1O. The fraction of sp³-hybridized carbons (Fsp3) is 0.273. The van der Waals surface area contributed by atoms with Gasteiger partial charge in [0.05, 0.1) is 11.9 Å². The number of carboxylic acid groups (broad SMARTS) is 2. The molecule has 0 aliphatic carbocycles. The third-order valence-corrected chi connectivity index (χ3v) is 2.17. The van der Waals surface area contributed by atoms with Crippen LogP contribution in [0.15, 0.2) is 18.2 Å². The molecular weight excluding hydrogens is 242 g/mol. The van der Waals surface area contributed by atoms with Gasteiger partial charge in [0.2, 0.25) is 0 Å². The van der Waals surface area contributed by atoms with E-state index in [9.17, 15) is 24.9 Å². The van der Waals surface area contributed by atoms with Crippen LogP contribution in [-0.4, -0.2) is 40.1 Å². The zero-order valence-corrected chi connectivity index (χ0v) is 9.33. The molecule has 18 heavy (non-hydrogen) atoms. The molecule has 0 amide bonds. The first-order valence-corrected chi connectivity index (χ1v) is 5.01. The zero-order valence-electron chi connectivity index (χ0n) is 9.33. The monoisotopic (exact) mass is 253 g/mol. The van der Waals surface area contributed by atoms with Crippen molar-refractivity contribution >= 4 is 11.9 Å². The Morgan fingerprint density at radius 2 is 1.67 bits per heavy atom. The number of rotatable bonds is 6. The Morgan fingerprint density at radius 1 is 1.11 bits per heavy atom. The van der Waals surface area contributed by atoms with Gasteiger partial charge in [-0.1, -0.05) is 6.07 Å². The van der Waals surface area contributed by atoms with E-state index in [0.29, 0.717) is 0 Å². The van der Waals surface area contributed by atoms with E-state index in [0.717, 1.165) is 11.0 Å². The van der Waals surface area contributed by atoms with Crippen LogP contribution in [0.2, 0.25) is 0 Å². The molecule has 1 aromatic carbocycles. The third kappa shape index (κ3) is 4.30. The molecule has 0 aliphatic heterocycles. The summed E-state index contributed by atoms with van der Waals surface area (Å²) in [6, 6.07) is 3.74. The van der Waals surface area contributed by atoms with E-state index in [1.807, 2.05) is 0 Å². The smallest absolute Gasteiger partial charge is 0.123 e. The molecule has 0 spiro atoms. The molecule has 1 rings (SSSR count). The van der Waals surface area contributed by atoms with Crippen LogP contribution in [0, 0.1) is 0 Å². The summed E-state index contributed by atoms with van der Waals surface area (Å²) in [5.74, 6) is -3.27. The molecular formula is C11H11NO6-2. The van der Waals surface area contributed by atoms with Crippen molar-refractivity contribution in [2.75, 3.05) is 13.1 Å². The van der Waals surface area contributed by atoms with E-state index in [4.69, 9.17) is 5.11 Å². The second-order valence-corrected chi connectivity index (χ2v) is 3.70. The molecule has 0 heterocycles. The van der Waals surface area contributed by atoms with Crippen molar-refractivity contribution in [3.8, 4) is 11.5 Å². The highest BCUT2D eigenvalue weighted by Gasteiger charge is 2.10. The molecule has 0 fully saturated rings. The number of carboxylic acids is 2. The molecule has 0 saturated heterocycles. The van der Waals surface area contributed by atoms with Crippen LogP contribution in [0.25, 0.3) is 0 Å². The molecule has 7 nitrogen and oxygen atoms in total. The molecule has 0 aromatic heterocycles. The maximum absolute atomic E-state index is 10.5. The van der Waals surface area contributed by atoms with Gasteiger partial charge in [-0.3, -0.25) is 4.90 Å². The number of phenols is 2. The van der Waals surface area contributed by atoms with Crippen LogP contribution >= 0.6 is 0 Å². The van der Waals surface area contributed by atoms with Gasteiger partial charge in [-0.15, -0.1) is 0 Å². The van der Waals surface area contributed by atoms with Crippen LogP contribution < -0.4 is 10.2 Å². The Morgan fingerprint density at radius 3 is 2.11 bits per heavy atom. The molecule has 0 unspecified atom stereocenters. The second kappa shape index (κ2) is 5.87. The lowest BCUT2D eigenvalue weighted by molar-refractivity contribution is -0.310. The lowest BCUT2D eigenvalue weighted by atomic mass is 10.1. The molecule has 0 saturated carbocycles. The summed E-state index contributed by atoms with van der Waals surface area (Å²) in [5, 5.41) is 39.5. The van der Waals surface area contributed by atoms with Gasteiger partial charge in [0, 0.05) is 31.3 Å². The first-order valence-electron chi connectivity index (χ1n) is 5.01. The number of aliphatic carboxylic acids is 2. The maximum atomic E-state index is 10.5. The van der Waals surface area contributed by atoms with Crippen LogP contribution in [0.1, 0.15) is 5.56 Å². The number of phenolic OH excluding ortho intramolecular Hbond substituents is 2. The highest BCUT2D eigenvalue weighted by atomic mass is 16.4. The summed E-state index contributed by atoms with van der Waals surface area (Å²) in [7, 11) is 0. The molecule has 1 aromatic rings. The Kier molecular flexibility index (Phi) is 4.50. The molecule has 98 valence electrons. The summed E-state index contributed by atoms with van der Waals surface area (Å²) in [6.45, 7) is -1.32. The quantitative estimate of drug-likeness (QED) is 0.569. The Balaban J connectivity index is 2.81. The van der Waals surface area contributed by atoms with Gasteiger partial charge >= 0.3 is 0 Å². The van der Waals surface area contributed by atoms with Gasteiger partial charge < -0.3 is 30.0 Å². The van der Waals surface area contributed by atoms with Crippen molar-refractivity contribution < 1.29 is 30.0 Å². The normalized spacial score (nSPS) is 10.5. The number of aromatic hydroxyl groups is 2. The number of benzene rings is 1. The molecule has 0 aliphatic rings. The fourth-order valence-corrected chi connectivity index (χ4v) is 1.46. The number of carbonyl (C=O) groups is 2. The summed E-state index contributed by atoms with van der Waals surface area (Å²) in [4.78, 5) is 21.9. The molecule has 7 heteroatoms. The van der Waals surface area contributed by atoms with Crippen molar-refractivity contribution in [3.63, 3.8) is 0 Å². The highest BCUT2D eigenvalue weighted by Crippen LogP contribution is 2.23. The number of hydrogen-bond acceptors (Lipinski definition) is 7. The predicted molar refractivity (Wildman–Crippen MR) is 55.1 cm³/mol. The largest absolute Gasteiger partial charge is 0.549 e. The minimum atomic E-state index is -1.44. The Hall–Kier alpha value is -2.28. The number of nitrogens with zero attached hydrogens (tertiary/aromatic N) is 1. The van der Waals surface area contributed by atoms with Gasteiger partial charge in [-0.2, -0.15) is 0 Å². The van der Waals surface area contributed by atoms with E-state index in [-0.39, 0.29) is 23.6 Å². The molecule has 2 N–H and O–H groups in total. The first-order chi connectivity index (χ1) is 8.38. The molecule has 0 radical (unpaired) electrons. The number of hydrogen-bond donors (Lipinski definition) is 2. The lowest BCUT2D eigenvalue weighted by Gasteiger charge is -2.23. The second-order valence-electron chi connectivity index (χ2n) is 3.70. The van der Waals surface area contributed by atoms with Crippen molar-refractivity contribution in [2.45, 2.75) is 6.54 Å². The van der Waals surface area contributed by atoms with Crippen LogP contribution in [-0.2, 0) is 16.1 Å². The standard InChI is InChI=1S/C11H13NO6/c13-8-2-1-7(9(14)3-8)4-12(5-10(15)16)6-11(17)18/h1-3,13-14H,4-6H2,(H,15,16)(H,17,18)/p-2. The number of carbonyl (C=O) groups excluding carboxylic acids is 2. The minimum absolute atomic E-state index is 0.117. The van der Waals surface area contributed by atoms with Gasteiger partial charge in [0.25, 0.3) is 0 Å². The fourth-order valence-electron chi connectivity index (χ4n) is 1.46. The first kappa shape index (κ1) is 13.8. The summed E-state index contributed by atoms with van der Waals surface area (Å²) < 4.78 is 0. The average Bonchev–Trinajstić information content (AvgIpc) is 2.20. The lowest BCUT2D eigenvalue weighted by Crippen LogP contribution is -2.43. The minimum Gasteiger partial charge on any atom is -0.549 e. The van der Waals surface area contributed by atoms with E-state index < -0.39 is 25.0 Å². The van der Waals surface area contributed by atoms with Gasteiger partial charge in [-0.25, -0.2) is 0 Å². The summed E-state index contributed by atoms with van der Waals surface area (Å²) >= 11 is 0. The maximum Gasteiger partial charge on any atom is 0.123 e. The van der Waals surface area contributed by atoms with Crippen LogP contribution in [0.4, 0.5) is 0 Å². The molecule has 0 bridgehead atoms. The van der Waals surface area contributed by atoms with E-state index in [1.54, 1.807) is 0 Å². The van der Waals surface area contributed by atoms with Gasteiger partial charge in [-0.05, 0) is 6.07 Å². The predicted octanol–water partition coefficient (Wildman–Crippen LogP) is -2.60. The van der Waals surface area contributed by atoms with Crippen molar-refractivity contribution in [3.05, 3.63) is 23.8 Å². The topological polar surface area (TPSA) is 124 Å². The van der Waals surface area contributed by atoms with E-state index in [1.165, 1.54) is 12.1 Å². The summed E-state index contributed by atoms with van der Waals surface area (Å²) in [5.41, 5.74) is 0.287. The Labute approximate surface area is 103 Å². The Bertz CT molecular complexity index is 443. The van der Waals surface area contributed by atoms with Crippen LogP contribution in [0.3, 0.4) is 0 Å². The van der Waals surface area contributed by atoms with Crippen LogP contribution in [0.5, 0.6) is 11.5 Å². The van der Waals surface area contributed by atoms with Crippen molar-refractivity contribution in [2.24, 2.45) is 0 Å². The van der Waals surface area contributed by atoms with Crippen molar-refractivity contribution in [1.82, 2.24) is 4.90 Å². The van der Waals surface area contributed by atoms with E-state index in [2.05, 4.69) is 0 Å². The molecule has 0 atom stereocenters. The summed E-state index contributed by atoms with van der Waals surface area (Å²) in [6.07, 6.45) is 0. The van der Waals surface area contributed by atoms with Crippen molar-refractivity contribution in [1.29, 1.82) is 0 Å². The van der Waals surface area contributed by atoms with Gasteiger partial charge in [0.1, 0.15) is 11.5 Å². The zero-order chi connectivity index (χ0) is 13.7. The highest BCUT2D eigenvalue weighted by molar-refractivity contribution is 5.70. The van der Waals surface area contributed by atoms with E-state index >= 15 is 0 Å². The van der Waals surface area contributed by atoms with Gasteiger partial charge in [0.15, 0.2) is 0 Å². The average molecular weight is 253 g/mol. The third-order valence-electron chi connectivity index (χ3n) is 2.17.